The average molecular weight is 392 g/mol. The SMILES string of the molecule is COc1ccccc1-c1nnc(NCC2CCCO2)nc1-c1ccccc1OC. The second-order valence-corrected chi connectivity index (χ2v) is 6.75. The van der Waals surface area contributed by atoms with E-state index in [1.54, 1.807) is 14.2 Å². The quantitative estimate of drug-likeness (QED) is 0.655. The predicted octanol–water partition coefficient (Wildman–Crippen LogP) is 3.81. The Labute approximate surface area is 170 Å². The number of hydrogen-bond donors (Lipinski definition) is 1. The van der Waals surface area contributed by atoms with Crippen LogP contribution >= 0.6 is 0 Å². The van der Waals surface area contributed by atoms with Crippen molar-refractivity contribution < 1.29 is 14.2 Å². The molecule has 0 amide bonds. The summed E-state index contributed by atoms with van der Waals surface area (Å²) >= 11 is 0. The van der Waals surface area contributed by atoms with Crippen LogP contribution in [0.25, 0.3) is 22.5 Å². The molecule has 29 heavy (non-hydrogen) atoms. The lowest BCUT2D eigenvalue weighted by atomic mass is 10.0. The van der Waals surface area contributed by atoms with Crippen LogP contribution in [-0.2, 0) is 4.74 Å². The van der Waals surface area contributed by atoms with Crippen molar-refractivity contribution in [3.8, 4) is 34.0 Å². The average Bonchev–Trinajstić information content (AvgIpc) is 3.31. The number of anilines is 1. The molecular weight excluding hydrogens is 368 g/mol. The fourth-order valence-electron chi connectivity index (χ4n) is 3.46. The van der Waals surface area contributed by atoms with Crippen LogP contribution in [0.2, 0.25) is 0 Å². The zero-order chi connectivity index (χ0) is 20.1. The topological polar surface area (TPSA) is 78.4 Å². The van der Waals surface area contributed by atoms with Crippen molar-refractivity contribution in [3.05, 3.63) is 48.5 Å². The summed E-state index contributed by atoms with van der Waals surface area (Å²) in [7, 11) is 3.28. The number of methoxy groups -OCH3 is 2. The first-order valence-corrected chi connectivity index (χ1v) is 9.67. The number of nitrogens with zero attached hydrogens (tertiary/aromatic N) is 3. The standard InChI is InChI=1S/C22H24N4O3/c1-27-18-11-5-3-9-16(18)20-21(17-10-4-6-12-19(17)28-2)25-26-22(24-20)23-14-15-8-7-13-29-15/h3-6,9-12,15H,7-8,13-14H2,1-2H3,(H,23,24,26). The predicted molar refractivity (Wildman–Crippen MR) is 111 cm³/mol. The maximum atomic E-state index is 5.67. The van der Waals surface area contributed by atoms with Gasteiger partial charge in [0.25, 0.3) is 0 Å². The lowest BCUT2D eigenvalue weighted by Crippen LogP contribution is -2.20. The Hall–Kier alpha value is -3.19. The van der Waals surface area contributed by atoms with E-state index >= 15 is 0 Å². The molecule has 2 aromatic carbocycles. The Morgan fingerprint density at radius 1 is 0.931 bits per heavy atom. The number of nitrogens with one attached hydrogen (secondary N) is 1. The third-order valence-corrected chi connectivity index (χ3v) is 4.92. The molecule has 1 atom stereocenters. The van der Waals surface area contributed by atoms with Crippen molar-refractivity contribution in [3.63, 3.8) is 0 Å². The highest BCUT2D eigenvalue weighted by molar-refractivity contribution is 5.83. The number of para-hydroxylation sites is 2. The molecule has 4 rings (SSSR count). The fraction of sp³-hybridized carbons (Fsp3) is 0.318. The molecule has 1 aromatic heterocycles. The maximum absolute atomic E-state index is 5.67. The Bertz CT molecular complexity index is 974. The van der Waals surface area contributed by atoms with E-state index in [1.165, 1.54) is 0 Å². The number of ether oxygens (including phenoxy) is 3. The largest absolute Gasteiger partial charge is 0.496 e. The van der Waals surface area contributed by atoms with E-state index in [4.69, 9.17) is 19.2 Å². The Morgan fingerprint density at radius 2 is 1.59 bits per heavy atom. The van der Waals surface area contributed by atoms with E-state index in [1.807, 2.05) is 48.5 Å². The summed E-state index contributed by atoms with van der Waals surface area (Å²) in [4.78, 5) is 4.79. The van der Waals surface area contributed by atoms with Crippen molar-refractivity contribution in [1.82, 2.24) is 15.2 Å². The molecule has 7 heteroatoms. The Kier molecular flexibility index (Phi) is 5.86. The first kappa shape index (κ1) is 19.1. The molecule has 1 unspecified atom stereocenters. The molecule has 7 nitrogen and oxygen atoms in total. The fourth-order valence-corrected chi connectivity index (χ4v) is 3.46. The van der Waals surface area contributed by atoms with E-state index in [0.717, 1.165) is 30.6 Å². The van der Waals surface area contributed by atoms with E-state index < -0.39 is 0 Å². The van der Waals surface area contributed by atoms with Crippen molar-refractivity contribution in [2.45, 2.75) is 18.9 Å². The summed E-state index contributed by atoms with van der Waals surface area (Å²) in [6, 6.07) is 15.4. The van der Waals surface area contributed by atoms with Crippen LogP contribution in [0, 0.1) is 0 Å². The smallest absolute Gasteiger partial charge is 0.243 e. The molecule has 0 spiro atoms. The van der Waals surface area contributed by atoms with Crippen LogP contribution in [0.3, 0.4) is 0 Å². The van der Waals surface area contributed by atoms with Gasteiger partial charge in [0.1, 0.15) is 22.9 Å². The van der Waals surface area contributed by atoms with Crippen LogP contribution in [0.4, 0.5) is 5.95 Å². The number of aromatic nitrogens is 3. The van der Waals surface area contributed by atoms with E-state index in [9.17, 15) is 0 Å². The second kappa shape index (κ2) is 8.87. The molecular formula is C22H24N4O3. The van der Waals surface area contributed by atoms with E-state index in [2.05, 4.69) is 15.5 Å². The van der Waals surface area contributed by atoms with Crippen LogP contribution in [0.15, 0.2) is 48.5 Å². The molecule has 0 radical (unpaired) electrons. The highest BCUT2D eigenvalue weighted by atomic mass is 16.5. The first-order chi connectivity index (χ1) is 14.3. The molecule has 1 aliphatic heterocycles. The molecule has 1 fully saturated rings. The first-order valence-electron chi connectivity index (χ1n) is 9.67. The van der Waals surface area contributed by atoms with Gasteiger partial charge in [-0.1, -0.05) is 24.3 Å². The Balaban J connectivity index is 1.77. The minimum Gasteiger partial charge on any atom is -0.496 e. The van der Waals surface area contributed by atoms with Crippen LogP contribution in [0.5, 0.6) is 11.5 Å². The molecule has 0 bridgehead atoms. The van der Waals surface area contributed by atoms with Gasteiger partial charge in [0.2, 0.25) is 5.95 Å². The highest BCUT2D eigenvalue weighted by Gasteiger charge is 2.20. The van der Waals surface area contributed by atoms with Gasteiger partial charge < -0.3 is 19.5 Å². The normalized spacial score (nSPS) is 15.9. The van der Waals surface area contributed by atoms with E-state index in [-0.39, 0.29) is 6.10 Å². The summed E-state index contributed by atoms with van der Waals surface area (Å²) in [5.41, 5.74) is 2.97. The van der Waals surface area contributed by atoms with Gasteiger partial charge in [-0.2, -0.15) is 0 Å². The number of hydrogen-bond acceptors (Lipinski definition) is 7. The maximum Gasteiger partial charge on any atom is 0.243 e. The van der Waals surface area contributed by atoms with Gasteiger partial charge >= 0.3 is 0 Å². The molecule has 1 saturated heterocycles. The van der Waals surface area contributed by atoms with Gasteiger partial charge in [-0.25, -0.2) is 4.98 Å². The Morgan fingerprint density at radius 3 is 2.21 bits per heavy atom. The van der Waals surface area contributed by atoms with Crippen LogP contribution in [-0.4, -0.2) is 48.7 Å². The van der Waals surface area contributed by atoms with Gasteiger partial charge in [0.05, 0.1) is 20.3 Å². The summed E-state index contributed by atoms with van der Waals surface area (Å²) in [5, 5.41) is 12.1. The summed E-state index contributed by atoms with van der Waals surface area (Å²) in [6.07, 6.45) is 2.31. The number of benzene rings is 2. The van der Waals surface area contributed by atoms with Gasteiger partial charge in [0.15, 0.2) is 0 Å². The molecule has 0 saturated carbocycles. The molecule has 1 aliphatic rings. The highest BCUT2D eigenvalue weighted by Crippen LogP contribution is 2.38. The van der Waals surface area contributed by atoms with Gasteiger partial charge in [-0.05, 0) is 37.1 Å². The van der Waals surface area contributed by atoms with Gasteiger partial charge in [0, 0.05) is 24.3 Å². The summed E-state index contributed by atoms with van der Waals surface area (Å²) in [6.45, 7) is 1.46. The van der Waals surface area contributed by atoms with Crippen molar-refractivity contribution >= 4 is 5.95 Å². The second-order valence-electron chi connectivity index (χ2n) is 6.75. The summed E-state index contributed by atoms with van der Waals surface area (Å²) in [5.74, 6) is 1.88. The minimum atomic E-state index is 0.183. The summed E-state index contributed by atoms with van der Waals surface area (Å²) < 4.78 is 16.8. The zero-order valence-electron chi connectivity index (χ0n) is 16.6. The van der Waals surface area contributed by atoms with Gasteiger partial charge in [-0.3, -0.25) is 0 Å². The lowest BCUT2D eigenvalue weighted by Gasteiger charge is -2.15. The molecule has 150 valence electrons. The van der Waals surface area contributed by atoms with Crippen molar-refractivity contribution in [2.75, 3.05) is 32.7 Å². The van der Waals surface area contributed by atoms with Crippen LogP contribution in [0.1, 0.15) is 12.8 Å². The third kappa shape index (κ3) is 4.14. The molecule has 1 N–H and O–H groups in total. The van der Waals surface area contributed by atoms with Crippen molar-refractivity contribution in [2.24, 2.45) is 0 Å². The molecule has 3 aromatic rings. The minimum absolute atomic E-state index is 0.183. The monoisotopic (exact) mass is 392 g/mol. The number of rotatable bonds is 7. The van der Waals surface area contributed by atoms with Gasteiger partial charge in [-0.15, -0.1) is 10.2 Å². The molecule has 0 aliphatic carbocycles. The van der Waals surface area contributed by atoms with E-state index in [0.29, 0.717) is 35.4 Å². The lowest BCUT2D eigenvalue weighted by molar-refractivity contribution is 0.120. The third-order valence-electron chi connectivity index (χ3n) is 4.92. The zero-order valence-corrected chi connectivity index (χ0v) is 16.6. The van der Waals surface area contributed by atoms with Crippen molar-refractivity contribution in [1.29, 1.82) is 0 Å². The molecule has 2 heterocycles. The van der Waals surface area contributed by atoms with Crippen LogP contribution < -0.4 is 14.8 Å².